The van der Waals surface area contributed by atoms with Gasteiger partial charge in [-0.2, -0.15) is 0 Å². The van der Waals surface area contributed by atoms with Crippen molar-refractivity contribution in [1.82, 2.24) is 5.32 Å². The van der Waals surface area contributed by atoms with Gasteiger partial charge < -0.3 is 11.1 Å². The first-order valence-corrected chi connectivity index (χ1v) is 5.25. The van der Waals surface area contributed by atoms with Gasteiger partial charge in [0.1, 0.15) is 0 Å². The first-order chi connectivity index (χ1) is 7.91. The van der Waals surface area contributed by atoms with Crippen LogP contribution in [0.15, 0.2) is 18.2 Å². The van der Waals surface area contributed by atoms with Crippen molar-refractivity contribution in [2.45, 2.75) is 19.5 Å². The minimum absolute atomic E-state index is 0.0818. The lowest BCUT2D eigenvalue weighted by atomic mass is 10.1. The van der Waals surface area contributed by atoms with Crippen LogP contribution in [0.25, 0.3) is 0 Å². The molecule has 0 aliphatic heterocycles. The topological polar surface area (TPSA) is 98.3 Å². The summed E-state index contributed by atoms with van der Waals surface area (Å²) in [5, 5.41) is 13.9. The normalized spacial score (nSPS) is 12.1. The van der Waals surface area contributed by atoms with Crippen LogP contribution in [0.5, 0.6) is 0 Å². The lowest BCUT2D eigenvalue weighted by molar-refractivity contribution is -0.385. The summed E-state index contributed by atoms with van der Waals surface area (Å²) in [6.45, 7) is 1.77. The molecule has 6 nitrogen and oxygen atoms in total. The maximum Gasteiger partial charge on any atom is 0.275 e. The molecule has 17 heavy (non-hydrogen) atoms. The highest BCUT2D eigenvalue weighted by molar-refractivity contribution is 6.30. The molecule has 1 rings (SSSR count). The zero-order valence-electron chi connectivity index (χ0n) is 9.14. The number of hydrogen-bond acceptors (Lipinski definition) is 4. The van der Waals surface area contributed by atoms with Crippen molar-refractivity contribution < 1.29 is 9.72 Å². The van der Waals surface area contributed by atoms with Crippen molar-refractivity contribution in [1.29, 1.82) is 0 Å². The average Bonchev–Trinajstić information content (AvgIpc) is 2.26. The number of amides is 1. The van der Waals surface area contributed by atoms with Crippen molar-refractivity contribution in [2.75, 3.05) is 0 Å². The summed E-state index contributed by atoms with van der Waals surface area (Å²) in [5.74, 6) is -0.512. The van der Waals surface area contributed by atoms with E-state index in [1.807, 2.05) is 0 Å². The van der Waals surface area contributed by atoms with Gasteiger partial charge in [0.15, 0.2) is 0 Å². The number of hydrogen-bond donors (Lipinski definition) is 2. The minimum Gasteiger partial charge on any atom is -0.368 e. The van der Waals surface area contributed by atoms with E-state index < -0.39 is 16.9 Å². The molecule has 0 fully saturated rings. The third-order valence-corrected chi connectivity index (χ3v) is 2.50. The molecule has 1 aromatic carbocycles. The van der Waals surface area contributed by atoms with Crippen molar-refractivity contribution in [3.05, 3.63) is 38.9 Å². The molecule has 0 saturated carbocycles. The van der Waals surface area contributed by atoms with E-state index in [2.05, 4.69) is 5.32 Å². The second kappa shape index (κ2) is 5.60. The fraction of sp³-hybridized carbons (Fsp3) is 0.300. The first kappa shape index (κ1) is 13.4. The molecular formula is C10H12ClN3O3. The molecule has 0 aliphatic carbocycles. The Kier molecular flexibility index (Phi) is 4.42. The predicted octanol–water partition coefficient (Wildman–Crippen LogP) is 1.21. The highest BCUT2D eigenvalue weighted by Gasteiger charge is 2.15. The largest absolute Gasteiger partial charge is 0.368 e. The van der Waals surface area contributed by atoms with Crippen LogP contribution in [0.4, 0.5) is 5.69 Å². The number of nitrogens with two attached hydrogens (primary N) is 1. The molecular weight excluding hydrogens is 246 g/mol. The van der Waals surface area contributed by atoms with Crippen molar-refractivity contribution in [3.8, 4) is 0 Å². The van der Waals surface area contributed by atoms with Crippen LogP contribution in [0, 0.1) is 10.1 Å². The number of rotatable bonds is 5. The molecule has 1 amide bonds. The van der Waals surface area contributed by atoms with Gasteiger partial charge in [-0.05, 0) is 19.1 Å². The predicted molar refractivity (Wildman–Crippen MR) is 63.6 cm³/mol. The van der Waals surface area contributed by atoms with E-state index in [0.717, 1.165) is 0 Å². The van der Waals surface area contributed by atoms with Crippen molar-refractivity contribution >= 4 is 23.2 Å². The second-order valence-electron chi connectivity index (χ2n) is 3.54. The van der Waals surface area contributed by atoms with Gasteiger partial charge in [-0.25, -0.2) is 0 Å². The first-order valence-electron chi connectivity index (χ1n) is 4.87. The number of nitrogens with one attached hydrogen (secondary N) is 1. The molecule has 0 aliphatic rings. The molecule has 7 heteroatoms. The lowest BCUT2D eigenvalue weighted by Gasteiger charge is -2.10. The molecule has 0 heterocycles. The Labute approximate surface area is 103 Å². The van der Waals surface area contributed by atoms with Crippen LogP contribution in [-0.2, 0) is 11.3 Å². The molecule has 92 valence electrons. The molecule has 0 saturated heterocycles. The van der Waals surface area contributed by atoms with Gasteiger partial charge in [-0.1, -0.05) is 11.6 Å². The van der Waals surface area contributed by atoms with E-state index in [4.69, 9.17) is 17.3 Å². The van der Waals surface area contributed by atoms with Gasteiger partial charge in [0.25, 0.3) is 5.69 Å². The summed E-state index contributed by atoms with van der Waals surface area (Å²) in [6.07, 6.45) is 0. The van der Waals surface area contributed by atoms with Crippen LogP contribution in [-0.4, -0.2) is 16.9 Å². The Morgan fingerprint density at radius 3 is 2.82 bits per heavy atom. The fourth-order valence-electron chi connectivity index (χ4n) is 1.22. The van der Waals surface area contributed by atoms with Crippen LogP contribution in [0.3, 0.4) is 0 Å². The fourth-order valence-corrected chi connectivity index (χ4v) is 1.39. The smallest absolute Gasteiger partial charge is 0.275 e. The number of carbonyl (C=O) groups is 1. The van der Waals surface area contributed by atoms with Gasteiger partial charge >= 0.3 is 0 Å². The SMILES string of the molecule is CC(NCc1ccc(Cl)cc1[N+](=O)[O-])C(N)=O. The van der Waals surface area contributed by atoms with Gasteiger partial charge in [0.05, 0.1) is 11.0 Å². The third kappa shape index (κ3) is 3.69. The Morgan fingerprint density at radius 2 is 2.29 bits per heavy atom. The standard InChI is InChI=1S/C10H12ClN3O3/c1-6(10(12)15)13-5-7-2-3-8(11)4-9(7)14(16)17/h2-4,6,13H,5H2,1H3,(H2,12,15). The van der Waals surface area contributed by atoms with Crippen molar-refractivity contribution in [3.63, 3.8) is 0 Å². The van der Waals surface area contributed by atoms with Crippen LogP contribution in [0.2, 0.25) is 5.02 Å². The maximum atomic E-state index is 10.8. The Morgan fingerprint density at radius 1 is 1.65 bits per heavy atom. The van der Waals surface area contributed by atoms with E-state index in [1.54, 1.807) is 19.1 Å². The third-order valence-electron chi connectivity index (χ3n) is 2.27. The number of primary amides is 1. The maximum absolute atomic E-state index is 10.8. The van der Waals surface area contributed by atoms with E-state index in [0.29, 0.717) is 10.6 Å². The number of benzene rings is 1. The molecule has 3 N–H and O–H groups in total. The number of nitro groups is 1. The van der Waals surface area contributed by atoms with Crippen LogP contribution in [0.1, 0.15) is 12.5 Å². The number of carbonyl (C=O) groups excluding carboxylic acids is 1. The molecule has 1 atom stereocenters. The van der Waals surface area contributed by atoms with Gasteiger partial charge in [-0.15, -0.1) is 0 Å². The molecule has 0 radical (unpaired) electrons. The zero-order chi connectivity index (χ0) is 13.0. The molecule has 1 aromatic rings. The molecule has 0 spiro atoms. The van der Waals surface area contributed by atoms with Gasteiger partial charge in [-0.3, -0.25) is 14.9 Å². The zero-order valence-corrected chi connectivity index (χ0v) is 9.90. The summed E-state index contributed by atoms with van der Waals surface area (Å²) in [7, 11) is 0. The Hall–Kier alpha value is -1.66. The van der Waals surface area contributed by atoms with Crippen molar-refractivity contribution in [2.24, 2.45) is 5.73 Å². The summed E-state index contributed by atoms with van der Waals surface area (Å²) >= 11 is 5.68. The Bertz CT molecular complexity index is 450. The van der Waals surface area contributed by atoms with E-state index in [9.17, 15) is 14.9 Å². The molecule has 1 unspecified atom stereocenters. The highest BCUT2D eigenvalue weighted by Crippen LogP contribution is 2.23. The number of nitro benzene ring substituents is 1. The summed E-state index contributed by atoms with van der Waals surface area (Å²) in [5.41, 5.74) is 5.44. The summed E-state index contributed by atoms with van der Waals surface area (Å²) < 4.78 is 0. The van der Waals surface area contributed by atoms with Crippen LogP contribution >= 0.6 is 11.6 Å². The van der Waals surface area contributed by atoms with Gasteiger partial charge in [0, 0.05) is 23.2 Å². The monoisotopic (exact) mass is 257 g/mol. The number of nitrogens with zero attached hydrogens (tertiary/aromatic N) is 1. The second-order valence-corrected chi connectivity index (χ2v) is 3.97. The molecule has 0 bridgehead atoms. The quantitative estimate of drug-likeness (QED) is 0.612. The molecule has 0 aromatic heterocycles. The lowest BCUT2D eigenvalue weighted by Crippen LogP contribution is -2.38. The van der Waals surface area contributed by atoms with Crippen LogP contribution < -0.4 is 11.1 Å². The highest BCUT2D eigenvalue weighted by atomic mass is 35.5. The van der Waals surface area contributed by atoms with E-state index >= 15 is 0 Å². The summed E-state index contributed by atoms with van der Waals surface area (Å²) in [4.78, 5) is 21.1. The van der Waals surface area contributed by atoms with E-state index in [1.165, 1.54) is 6.07 Å². The Balaban J connectivity index is 2.84. The average molecular weight is 258 g/mol. The summed E-state index contributed by atoms with van der Waals surface area (Å²) in [6, 6.07) is 3.82. The van der Waals surface area contributed by atoms with Gasteiger partial charge in [0.2, 0.25) is 5.91 Å². The van der Waals surface area contributed by atoms with E-state index in [-0.39, 0.29) is 12.2 Å². The number of halogens is 1. The minimum atomic E-state index is -0.551.